The third-order valence-corrected chi connectivity index (χ3v) is 3.27. The zero-order valence-corrected chi connectivity index (χ0v) is 9.84. The predicted octanol–water partition coefficient (Wildman–Crippen LogP) is 1.24. The smallest absolute Gasteiger partial charge is 0.205 e. The molecule has 16 heavy (non-hydrogen) atoms. The highest BCUT2D eigenvalue weighted by Gasteiger charge is 2.27. The van der Waals surface area contributed by atoms with Crippen molar-refractivity contribution in [1.82, 2.24) is 9.55 Å². The number of imidazole rings is 1. The van der Waals surface area contributed by atoms with Gasteiger partial charge in [-0.1, -0.05) is 6.08 Å². The van der Waals surface area contributed by atoms with Gasteiger partial charge in [0.15, 0.2) is 0 Å². The molecule has 0 amide bonds. The molecule has 1 aromatic rings. The first-order valence-corrected chi connectivity index (χ1v) is 5.85. The molecule has 2 heterocycles. The maximum Gasteiger partial charge on any atom is 0.205 e. The first kappa shape index (κ1) is 11.2. The molecule has 2 rings (SSSR count). The van der Waals surface area contributed by atoms with Crippen molar-refractivity contribution >= 4 is 5.95 Å². The maximum atomic E-state index is 5.94. The summed E-state index contributed by atoms with van der Waals surface area (Å²) in [6.07, 6.45) is 6.90. The van der Waals surface area contributed by atoms with Crippen LogP contribution in [0.4, 0.5) is 5.95 Å². The van der Waals surface area contributed by atoms with E-state index in [0.29, 0.717) is 5.92 Å². The molecule has 2 atom stereocenters. The molecule has 1 aliphatic rings. The summed E-state index contributed by atoms with van der Waals surface area (Å²) < 4.78 is 2.12. The minimum absolute atomic E-state index is 0.271. The molecule has 0 bridgehead atoms. The number of hydrogen-bond acceptors (Lipinski definition) is 3. The van der Waals surface area contributed by atoms with Crippen LogP contribution < -0.4 is 10.6 Å². The molecule has 0 saturated carbocycles. The Bertz CT molecular complexity index is 356. The molecular formula is C12H20N4. The van der Waals surface area contributed by atoms with E-state index in [4.69, 9.17) is 5.73 Å². The van der Waals surface area contributed by atoms with Crippen LogP contribution in [0.2, 0.25) is 0 Å². The fourth-order valence-corrected chi connectivity index (χ4v) is 2.26. The van der Waals surface area contributed by atoms with Crippen LogP contribution >= 0.6 is 0 Å². The van der Waals surface area contributed by atoms with Crippen molar-refractivity contribution in [3.05, 3.63) is 25.0 Å². The predicted molar refractivity (Wildman–Crippen MR) is 66.4 cm³/mol. The van der Waals surface area contributed by atoms with Gasteiger partial charge in [-0.2, -0.15) is 0 Å². The number of hydrogen-bond donors (Lipinski definition) is 1. The van der Waals surface area contributed by atoms with Gasteiger partial charge in [0, 0.05) is 38.1 Å². The van der Waals surface area contributed by atoms with Crippen LogP contribution in [0.3, 0.4) is 0 Å². The summed E-state index contributed by atoms with van der Waals surface area (Å²) in [5.41, 5.74) is 5.94. The van der Waals surface area contributed by atoms with E-state index in [1.54, 1.807) is 0 Å². The average molecular weight is 220 g/mol. The molecule has 1 aliphatic heterocycles. The van der Waals surface area contributed by atoms with Gasteiger partial charge in [-0.05, 0) is 19.3 Å². The van der Waals surface area contributed by atoms with Crippen molar-refractivity contribution in [3.8, 4) is 0 Å². The first-order chi connectivity index (χ1) is 7.72. The number of nitrogens with two attached hydrogens (primary N) is 1. The minimum Gasteiger partial charge on any atom is -0.342 e. The lowest BCUT2D eigenvalue weighted by Crippen LogP contribution is -2.30. The highest BCUT2D eigenvalue weighted by molar-refractivity contribution is 5.33. The topological polar surface area (TPSA) is 47.1 Å². The summed E-state index contributed by atoms with van der Waals surface area (Å²) >= 11 is 0. The summed E-state index contributed by atoms with van der Waals surface area (Å²) in [6.45, 7) is 8.74. The number of rotatable bonds is 4. The van der Waals surface area contributed by atoms with Crippen LogP contribution in [0, 0.1) is 5.92 Å². The monoisotopic (exact) mass is 220 g/mol. The fraction of sp³-hybridized carbons (Fsp3) is 0.583. The van der Waals surface area contributed by atoms with E-state index in [2.05, 4.69) is 28.0 Å². The van der Waals surface area contributed by atoms with Gasteiger partial charge in [0.2, 0.25) is 5.95 Å². The van der Waals surface area contributed by atoms with Gasteiger partial charge in [0.05, 0.1) is 0 Å². The number of aromatic nitrogens is 2. The van der Waals surface area contributed by atoms with E-state index in [1.807, 2.05) is 18.5 Å². The van der Waals surface area contributed by atoms with Crippen molar-refractivity contribution in [1.29, 1.82) is 0 Å². The van der Waals surface area contributed by atoms with Gasteiger partial charge in [0.25, 0.3) is 0 Å². The summed E-state index contributed by atoms with van der Waals surface area (Å²) in [5, 5.41) is 0. The lowest BCUT2D eigenvalue weighted by Gasteiger charge is -2.19. The van der Waals surface area contributed by atoms with Crippen molar-refractivity contribution < 1.29 is 0 Å². The molecule has 4 nitrogen and oxygen atoms in total. The molecule has 88 valence electrons. The van der Waals surface area contributed by atoms with Crippen LogP contribution in [-0.4, -0.2) is 28.7 Å². The second-order valence-electron chi connectivity index (χ2n) is 4.52. The van der Waals surface area contributed by atoms with Crippen molar-refractivity contribution in [2.75, 3.05) is 18.0 Å². The molecule has 1 aromatic heterocycles. The Kier molecular flexibility index (Phi) is 3.29. The lowest BCUT2D eigenvalue weighted by atomic mass is 10.0. The van der Waals surface area contributed by atoms with E-state index in [-0.39, 0.29) is 6.04 Å². The van der Waals surface area contributed by atoms with Gasteiger partial charge in [-0.15, -0.1) is 6.58 Å². The molecular weight excluding hydrogens is 200 g/mol. The maximum absolute atomic E-state index is 5.94. The van der Waals surface area contributed by atoms with Crippen LogP contribution in [0.5, 0.6) is 0 Å². The van der Waals surface area contributed by atoms with E-state index < -0.39 is 0 Å². The summed E-state index contributed by atoms with van der Waals surface area (Å²) in [7, 11) is 0. The quantitative estimate of drug-likeness (QED) is 0.777. The Morgan fingerprint density at radius 3 is 3.19 bits per heavy atom. The average Bonchev–Trinajstić information content (AvgIpc) is 2.84. The van der Waals surface area contributed by atoms with Crippen LogP contribution in [0.1, 0.15) is 13.3 Å². The number of anilines is 1. The SMILES string of the molecule is C=CCn1ccnc1N1CCC(C(C)N)C1. The van der Waals surface area contributed by atoms with Crippen LogP contribution in [0.15, 0.2) is 25.0 Å². The summed E-state index contributed by atoms with van der Waals surface area (Å²) in [6, 6.07) is 0.271. The minimum atomic E-state index is 0.271. The Balaban J connectivity index is 2.08. The summed E-state index contributed by atoms with van der Waals surface area (Å²) in [4.78, 5) is 6.73. The number of nitrogens with zero attached hydrogens (tertiary/aromatic N) is 3. The van der Waals surface area contributed by atoms with Gasteiger partial charge in [-0.25, -0.2) is 4.98 Å². The molecule has 2 unspecified atom stereocenters. The Hall–Kier alpha value is -1.29. The van der Waals surface area contributed by atoms with Gasteiger partial charge < -0.3 is 15.2 Å². The third kappa shape index (κ3) is 2.11. The highest BCUT2D eigenvalue weighted by atomic mass is 15.3. The van der Waals surface area contributed by atoms with E-state index in [0.717, 1.165) is 25.6 Å². The second kappa shape index (κ2) is 4.70. The number of allylic oxidation sites excluding steroid dienone is 1. The standard InChI is InChI=1S/C12H20N4/c1-3-6-15-8-5-14-12(15)16-7-4-11(9-16)10(2)13/h3,5,8,10-11H,1,4,6-7,9,13H2,2H3. The normalized spacial score (nSPS) is 22.4. The first-order valence-electron chi connectivity index (χ1n) is 5.85. The van der Waals surface area contributed by atoms with E-state index >= 15 is 0 Å². The van der Waals surface area contributed by atoms with Crippen LogP contribution in [0.25, 0.3) is 0 Å². The highest BCUT2D eigenvalue weighted by Crippen LogP contribution is 2.23. The molecule has 1 fully saturated rings. The van der Waals surface area contributed by atoms with E-state index in [1.165, 1.54) is 6.42 Å². The molecule has 4 heteroatoms. The van der Waals surface area contributed by atoms with E-state index in [9.17, 15) is 0 Å². The Morgan fingerprint density at radius 2 is 2.56 bits per heavy atom. The largest absolute Gasteiger partial charge is 0.342 e. The zero-order chi connectivity index (χ0) is 11.5. The third-order valence-electron chi connectivity index (χ3n) is 3.27. The second-order valence-corrected chi connectivity index (χ2v) is 4.52. The fourth-order valence-electron chi connectivity index (χ4n) is 2.26. The molecule has 0 aliphatic carbocycles. The molecule has 0 radical (unpaired) electrons. The van der Waals surface area contributed by atoms with Gasteiger partial charge in [0.1, 0.15) is 0 Å². The Labute approximate surface area is 96.8 Å². The van der Waals surface area contributed by atoms with Crippen molar-refractivity contribution in [2.45, 2.75) is 25.9 Å². The lowest BCUT2D eigenvalue weighted by molar-refractivity contribution is 0.487. The van der Waals surface area contributed by atoms with Crippen molar-refractivity contribution in [2.24, 2.45) is 11.7 Å². The molecule has 1 saturated heterocycles. The Morgan fingerprint density at radius 1 is 1.75 bits per heavy atom. The van der Waals surface area contributed by atoms with Gasteiger partial charge >= 0.3 is 0 Å². The zero-order valence-electron chi connectivity index (χ0n) is 9.84. The molecule has 0 aromatic carbocycles. The molecule has 2 N–H and O–H groups in total. The van der Waals surface area contributed by atoms with Gasteiger partial charge in [-0.3, -0.25) is 0 Å². The molecule has 0 spiro atoms. The summed E-state index contributed by atoms with van der Waals surface area (Å²) in [5.74, 6) is 1.64. The van der Waals surface area contributed by atoms with Crippen LogP contribution in [-0.2, 0) is 6.54 Å². The van der Waals surface area contributed by atoms with Crippen molar-refractivity contribution in [3.63, 3.8) is 0 Å².